The molecule has 0 saturated heterocycles. The van der Waals surface area contributed by atoms with Gasteiger partial charge in [-0.1, -0.05) is 41.4 Å². The standard InChI is InChI=1S/C22H21ClN2O4S/c1-15-7-11-18(12-8-15)29-16(2)22(26)24-17-9-13-19(14-10-17)30(27,28)25-21-6-4-3-5-20(21)23/h3-14,16,25H,1-2H3,(H,24,26)/t16-/m0/s1. The number of ether oxygens (including phenoxy) is 1. The van der Waals surface area contributed by atoms with Gasteiger partial charge in [-0.15, -0.1) is 0 Å². The van der Waals surface area contributed by atoms with E-state index in [1.807, 2.05) is 19.1 Å². The number of para-hydroxylation sites is 1. The maximum Gasteiger partial charge on any atom is 0.265 e. The van der Waals surface area contributed by atoms with Crippen molar-refractivity contribution in [2.24, 2.45) is 0 Å². The first-order valence-electron chi connectivity index (χ1n) is 9.16. The summed E-state index contributed by atoms with van der Waals surface area (Å²) < 4.78 is 33.2. The Bertz CT molecular complexity index is 1130. The quantitative estimate of drug-likeness (QED) is 0.545. The number of anilines is 2. The van der Waals surface area contributed by atoms with Gasteiger partial charge in [0.25, 0.3) is 15.9 Å². The summed E-state index contributed by atoms with van der Waals surface area (Å²) >= 11 is 6.01. The minimum absolute atomic E-state index is 0.0457. The first-order chi connectivity index (χ1) is 14.2. The third-order valence-corrected chi connectivity index (χ3v) is 5.96. The third kappa shape index (κ3) is 5.52. The van der Waals surface area contributed by atoms with Gasteiger partial charge in [-0.05, 0) is 62.4 Å². The normalized spacial score (nSPS) is 12.1. The monoisotopic (exact) mass is 444 g/mol. The second kappa shape index (κ2) is 9.19. The van der Waals surface area contributed by atoms with Gasteiger partial charge in [-0.2, -0.15) is 0 Å². The lowest BCUT2D eigenvalue weighted by atomic mass is 10.2. The van der Waals surface area contributed by atoms with Crippen LogP contribution < -0.4 is 14.8 Å². The number of carbonyl (C=O) groups is 1. The van der Waals surface area contributed by atoms with E-state index in [9.17, 15) is 13.2 Å². The molecule has 0 unspecified atom stereocenters. The number of rotatable bonds is 7. The molecule has 0 fully saturated rings. The predicted octanol–water partition coefficient (Wildman–Crippen LogP) is 4.86. The zero-order valence-corrected chi connectivity index (χ0v) is 18.0. The van der Waals surface area contributed by atoms with Crippen LogP contribution >= 0.6 is 11.6 Å². The molecular weight excluding hydrogens is 424 g/mol. The smallest absolute Gasteiger partial charge is 0.265 e. The van der Waals surface area contributed by atoms with E-state index in [0.29, 0.717) is 22.1 Å². The minimum Gasteiger partial charge on any atom is -0.481 e. The Labute approximate surface area is 180 Å². The van der Waals surface area contributed by atoms with E-state index in [-0.39, 0.29) is 10.8 Å². The zero-order chi connectivity index (χ0) is 21.7. The van der Waals surface area contributed by atoms with Crippen molar-refractivity contribution in [1.29, 1.82) is 0 Å². The molecule has 1 amide bonds. The molecule has 0 aromatic heterocycles. The molecule has 0 bridgehead atoms. The molecule has 0 saturated carbocycles. The van der Waals surface area contributed by atoms with Gasteiger partial charge in [-0.25, -0.2) is 8.42 Å². The zero-order valence-electron chi connectivity index (χ0n) is 16.4. The first-order valence-corrected chi connectivity index (χ1v) is 11.0. The highest BCUT2D eigenvalue weighted by molar-refractivity contribution is 7.92. The summed E-state index contributed by atoms with van der Waals surface area (Å²) in [7, 11) is -3.81. The molecule has 2 N–H and O–H groups in total. The summed E-state index contributed by atoms with van der Waals surface area (Å²) in [6.45, 7) is 3.61. The van der Waals surface area contributed by atoms with E-state index in [4.69, 9.17) is 16.3 Å². The predicted molar refractivity (Wildman–Crippen MR) is 119 cm³/mol. The van der Waals surface area contributed by atoms with Crippen molar-refractivity contribution < 1.29 is 17.9 Å². The van der Waals surface area contributed by atoms with Gasteiger partial charge >= 0.3 is 0 Å². The fourth-order valence-electron chi connectivity index (χ4n) is 2.58. The van der Waals surface area contributed by atoms with E-state index in [1.165, 1.54) is 24.3 Å². The molecule has 6 nitrogen and oxygen atoms in total. The van der Waals surface area contributed by atoms with E-state index in [0.717, 1.165) is 5.56 Å². The van der Waals surface area contributed by atoms with Crippen molar-refractivity contribution in [1.82, 2.24) is 0 Å². The average Bonchev–Trinajstić information content (AvgIpc) is 2.71. The van der Waals surface area contributed by atoms with Gasteiger partial charge in [0.2, 0.25) is 0 Å². The summed E-state index contributed by atoms with van der Waals surface area (Å²) in [5.74, 6) is 0.246. The Hall–Kier alpha value is -3.03. The average molecular weight is 445 g/mol. The summed E-state index contributed by atoms with van der Waals surface area (Å²) in [6, 6.07) is 19.8. The lowest BCUT2D eigenvalue weighted by Crippen LogP contribution is -2.30. The van der Waals surface area contributed by atoms with Crippen LogP contribution in [0.2, 0.25) is 5.02 Å². The molecule has 30 heavy (non-hydrogen) atoms. The Balaban J connectivity index is 1.64. The molecule has 3 rings (SSSR count). The summed E-state index contributed by atoms with van der Waals surface area (Å²) in [5, 5.41) is 3.01. The minimum atomic E-state index is -3.81. The molecule has 3 aromatic carbocycles. The Morgan fingerprint density at radius 1 is 0.967 bits per heavy atom. The molecule has 0 heterocycles. The first kappa shape index (κ1) is 21.7. The number of hydrogen-bond donors (Lipinski definition) is 2. The van der Waals surface area contributed by atoms with Crippen LogP contribution in [-0.4, -0.2) is 20.4 Å². The van der Waals surface area contributed by atoms with Crippen molar-refractivity contribution in [2.45, 2.75) is 24.8 Å². The molecule has 156 valence electrons. The van der Waals surface area contributed by atoms with Gasteiger partial charge in [0.05, 0.1) is 15.6 Å². The van der Waals surface area contributed by atoms with E-state index >= 15 is 0 Å². The fraction of sp³-hybridized carbons (Fsp3) is 0.136. The topological polar surface area (TPSA) is 84.5 Å². The fourth-order valence-corrected chi connectivity index (χ4v) is 3.90. The SMILES string of the molecule is Cc1ccc(O[C@@H](C)C(=O)Nc2ccc(S(=O)(=O)Nc3ccccc3Cl)cc2)cc1. The molecular formula is C22H21ClN2O4S. The largest absolute Gasteiger partial charge is 0.481 e. The molecule has 0 radical (unpaired) electrons. The van der Waals surface area contributed by atoms with Crippen molar-refractivity contribution >= 4 is 38.9 Å². The second-order valence-electron chi connectivity index (χ2n) is 6.67. The van der Waals surface area contributed by atoms with Crippen LogP contribution in [0, 0.1) is 6.92 Å². The van der Waals surface area contributed by atoms with Gasteiger partial charge in [0.1, 0.15) is 5.75 Å². The molecule has 0 aliphatic carbocycles. The lowest BCUT2D eigenvalue weighted by molar-refractivity contribution is -0.122. The third-order valence-electron chi connectivity index (χ3n) is 4.25. The second-order valence-corrected chi connectivity index (χ2v) is 8.76. The molecule has 1 atom stereocenters. The highest BCUT2D eigenvalue weighted by Gasteiger charge is 2.17. The number of amides is 1. The van der Waals surface area contributed by atoms with E-state index in [1.54, 1.807) is 43.3 Å². The number of carbonyl (C=O) groups excluding carboxylic acids is 1. The number of hydrogen-bond acceptors (Lipinski definition) is 4. The summed E-state index contributed by atoms with van der Waals surface area (Å²) in [5.41, 5.74) is 1.84. The Morgan fingerprint density at radius 2 is 1.60 bits per heavy atom. The summed E-state index contributed by atoms with van der Waals surface area (Å²) in [4.78, 5) is 12.4. The van der Waals surface area contributed by atoms with Gasteiger partial charge < -0.3 is 10.1 Å². The van der Waals surface area contributed by atoms with Crippen LogP contribution in [0.25, 0.3) is 0 Å². The number of sulfonamides is 1. The Kier molecular flexibility index (Phi) is 6.64. The van der Waals surface area contributed by atoms with Crippen molar-refractivity contribution in [2.75, 3.05) is 10.0 Å². The summed E-state index contributed by atoms with van der Waals surface area (Å²) in [6.07, 6.45) is -0.724. The van der Waals surface area contributed by atoms with Gasteiger partial charge in [0, 0.05) is 5.69 Å². The number of halogens is 1. The highest BCUT2D eigenvalue weighted by atomic mass is 35.5. The number of nitrogens with one attached hydrogen (secondary N) is 2. The van der Waals surface area contributed by atoms with E-state index < -0.39 is 16.1 Å². The van der Waals surface area contributed by atoms with Crippen molar-refractivity contribution in [3.63, 3.8) is 0 Å². The Morgan fingerprint density at radius 3 is 2.23 bits per heavy atom. The maximum atomic E-state index is 12.5. The van der Waals surface area contributed by atoms with Crippen LogP contribution in [-0.2, 0) is 14.8 Å². The van der Waals surface area contributed by atoms with Crippen LogP contribution in [0.3, 0.4) is 0 Å². The number of aryl methyl sites for hydroxylation is 1. The van der Waals surface area contributed by atoms with Crippen molar-refractivity contribution in [3.05, 3.63) is 83.4 Å². The van der Waals surface area contributed by atoms with Crippen LogP contribution in [0.4, 0.5) is 11.4 Å². The molecule has 3 aromatic rings. The molecule has 0 spiro atoms. The maximum absolute atomic E-state index is 12.5. The van der Waals surface area contributed by atoms with E-state index in [2.05, 4.69) is 10.0 Å². The molecule has 0 aliphatic heterocycles. The van der Waals surface area contributed by atoms with Gasteiger partial charge in [-0.3, -0.25) is 9.52 Å². The highest BCUT2D eigenvalue weighted by Crippen LogP contribution is 2.24. The molecule has 8 heteroatoms. The molecule has 0 aliphatic rings. The van der Waals surface area contributed by atoms with Crippen LogP contribution in [0.15, 0.2) is 77.7 Å². The lowest BCUT2D eigenvalue weighted by Gasteiger charge is -2.15. The van der Waals surface area contributed by atoms with Crippen LogP contribution in [0.5, 0.6) is 5.75 Å². The number of benzene rings is 3. The van der Waals surface area contributed by atoms with Crippen LogP contribution in [0.1, 0.15) is 12.5 Å². The van der Waals surface area contributed by atoms with Gasteiger partial charge in [0.15, 0.2) is 6.10 Å². The van der Waals surface area contributed by atoms with Crippen molar-refractivity contribution in [3.8, 4) is 5.75 Å².